The molecule has 0 fully saturated rings. The number of hydrogen-bond donors (Lipinski definition) is 3. The SMILES string of the molecule is CS(=O)(=O)Nc1nc(CC(=O)NCCCC(=O)O)cs1. The number of anilines is 1. The number of aromatic nitrogens is 1. The number of sulfonamides is 1. The summed E-state index contributed by atoms with van der Waals surface area (Å²) in [4.78, 5) is 25.8. The van der Waals surface area contributed by atoms with Crippen LogP contribution in [0.2, 0.25) is 0 Å². The molecule has 0 saturated heterocycles. The molecule has 0 bridgehead atoms. The van der Waals surface area contributed by atoms with Gasteiger partial charge in [-0.1, -0.05) is 0 Å². The monoisotopic (exact) mass is 321 g/mol. The number of carbonyl (C=O) groups excluding carboxylic acids is 1. The third kappa shape index (κ3) is 7.04. The van der Waals surface area contributed by atoms with Crippen LogP contribution < -0.4 is 10.0 Å². The van der Waals surface area contributed by atoms with E-state index in [1.54, 1.807) is 5.38 Å². The largest absolute Gasteiger partial charge is 0.481 e. The minimum absolute atomic E-state index is 0.000587. The van der Waals surface area contributed by atoms with Crippen molar-refractivity contribution in [3.05, 3.63) is 11.1 Å². The van der Waals surface area contributed by atoms with E-state index in [1.165, 1.54) is 0 Å². The molecule has 0 unspecified atom stereocenters. The van der Waals surface area contributed by atoms with Crippen molar-refractivity contribution in [3.63, 3.8) is 0 Å². The summed E-state index contributed by atoms with van der Waals surface area (Å²) >= 11 is 1.09. The number of carboxylic acids is 1. The van der Waals surface area contributed by atoms with E-state index in [0.29, 0.717) is 12.1 Å². The fourth-order valence-electron chi connectivity index (χ4n) is 1.29. The van der Waals surface area contributed by atoms with Crippen LogP contribution in [0.1, 0.15) is 18.5 Å². The second-order valence-corrected chi connectivity index (χ2v) is 6.65. The molecule has 0 saturated carbocycles. The molecule has 0 atom stereocenters. The Bertz CT molecular complexity index is 581. The van der Waals surface area contributed by atoms with Crippen LogP contribution in [-0.4, -0.2) is 43.2 Å². The van der Waals surface area contributed by atoms with Crippen molar-refractivity contribution in [2.24, 2.45) is 0 Å². The van der Waals surface area contributed by atoms with Crippen LogP contribution in [0, 0.1) is 0 Å². The van der Waals surface area contributed by atoms with E-state index in [0.717, 1.165) is 17.6 Å². The number of aliphatic carboxylic acids is 1. The van der Waals surface area contributed by atoms with Gasteiger partial charge >= 0.3 is 5.97 Å². The van der Waals surface area contributed by atoms with E-state index in [-0.39, 0.29) is 30.4 Å². The van der Waals surface area contributed by atoms with Gasteiger partial charge in [-0.2, -0.15) is 0 Å². The molecule has 0 radical (unpaired) electrons. The van der Waals surface area contributed by atoms with Crippen LogP contribution in [0.15, 0.2) is 5.38 Å². The van der Waals surface area contributed by atoms with E-state index >= 15 is 0 Å². The van der Waals surface area contributed by atoms with Crippen LogP contribution >= 0.6 is 11.3 Å². The van der Waals surface area contributed by atoms with E-state index < -0.39 is 16.0 Å². The van der Waals surface area contributed by atoms with Crippen LogP contribution in [0.5, 0.6) is 0 Å². The molecule has 0 aromatic carbocycles. The van der Waals surface area contributed by atoms with Gasteiger partial charge in [-0.25, -0.2) is 13.4 Å². The summed E-state index contributed by atoms with van der Waals surface area (Å²) in [6.45, 7) is 0.281. The molecule has 1 aromatic heterocycles. The Morgan fingerprint density at radius 1 is 1.45 bits per heavy atom. The number of carboxylic acid groups (broad SMARTS) is 1. The average Bonchev–Trinajstić information content (AvgIpc) is 2.69. The number of thiazole rings is 1. The van der Waals surface area contributed by atoms with Gasteiger partial charge in [0.25, 0.3) is 0 Å². The second-order valence-electron chi connectivity index (χ2n) is 4.04. The van der Waals surface area contributed by atoms with Crippen molar-refractivity contribution >= 4 is 38.4 Å². The Labute approximate surface area is 120 Å². The molecule has 0 aliphatic rings. The molecule has 1 amide bonds. The summed E-state index contributed by atoms with van der Waals surface area (Å²) in [5, 5.41) is 12.8. The lowest BCUT2D eigenvalue weighted by Crippen LogP contribution is -2.26. The van der Waals surface area contributed by atoms with Crippen molar-refractivity contribution in [1.82, 2.24) is 10.3 Å². The average molecular weight is 321 g/mol. The van der Waals surface area contributed by atoms with Crippen molar-refractivity contribution in [2.45, 2.75) is 19.3 Å². The zero-order valence-electron chi connectivity index (χ0n) is 10.7. The number of carbonyl (C=O) groups is 2. The highest BCUT2D eigenvalue weighted by Gasteiger charge is 2.10. The summed E-state index contributed by atoms with van der Waals surface area (Å²) in [5.74, 6) is -1.19. The number of rotatable bonds is 8. The molecule has 0 spiro atoms. The maximum atomic E-state index is 11.5. The lowest BCUT2D eigenvalue weighted by atomic mass is 10.3. The first-order valence-corrected chi connectivity index (χ1v) is 8.44. The molecule has 112 valence electrons. The van der Waals surface area contributed by atoms with Gasteiger partial charge in [-0.3, -0.25) is 14.3 Å². The highest BCUT2D eigenvalue weighted by molar-refractivity contribution is 7.92. The fourth-order valence-corrected chi connectivity index (χ4v) is 2.85. The molecule has 0 aliphatic heterocycles. The Morgan fingerprint density at radius 2 is 2.15 bits per heavy atom. The fraction of sp³-hybridized carbons (Fsp3) is 0.500. The molecular formula is C10H15N3O5S2. The highest BCUT2D eigenvalue weighted by atomic mass is 32.2. The first-order valence-electron chi connectivity index (χ1n) is 5.67. The van der Waals surface area contributed by atoms with Gasteiger partial charge in [-0.05, 0) is 6.42 Å². The van der Waals surface area contributed by atoms with Gasteiger partial charge < -0.3 is 10.4 Å². The Hall–Kier alpha value is -1.68. The Balaban J connectivity index is 2.37. The summed E-state index contributed by atoms with van der Waals surface area (Å²) < 4.78 is 24.2. The third-order valence-electron chi connectivity index (χ3n) is 2.06. The zero-order chi connectivity index (χ0) is 15.2. The molecule has 3 N–H and O–H groups in total. The van der Waals surface area contributed by atoms with Crippen molar-refractivity contribution < 1.29 is 23.1 Å². The molecule has 0 aliphatic carbocycles. The van der Waals surface area contributed by atoms with Gasteiger partial charge in [0.2, 0.25) is 15.9 Å². The third-order valence-corrected chi connectivity index (χ3v) is 3.56. The smallest absolute Gasteiger partial charge is 0.303 e. The molecule has 1 heterocycles. The van der Waals surface area contributed by atoms with Crippen LogP contribution in [0.25, 0.3) is 0 Å². The van der Waals surface area contributed by atoms with E-state index in [9.17, 15) is 18.0 Å². The summed E-state index contributed by atoms with van der Waals surface area (Å²) in [7, 11) is -3.38. The molecular weight excluding hydrogens is 306 g/mol. The summed E-state index contributed by atoms with van der Waals surface area (Å²) in [6.07, 6.45) is 1.40. The second kappa shape index (κ2) is 7.20. The lowest BCUT2D eigenvalue weighted by molar-refractivity contribution is -0.137. The van der Waals surface area contributed by atoms with Crippen molar-refractivity contribution in [3.8, 4) is 0 Å². The molecule has 20 heavy (non-hydrogen) atoms. The van der Waals surface area contributed by atoms with Crippen molar-refractivity contribution in [2.75, 3.05) is 17.5 Å². The number of nitrogens with zero attached hydrogens (tertiary/aromatic N) is 1. The Morgan fingerprint density at radius 3 is 2.75 bits per heavy atom. The maximum Gasteiger partial charge on any atom is 0.303 e. The van der Waals surface area contributed by atoms with Crippen molar-refractivity contribution in [1.29, 1.82) is 0 Å². The minimum atomic E-state index is -3.38. The van der Waals surface area contributed by atoms with E-state index in [4.69, 9.17) is 5.11 Å². The first-order chi connectivity index (χ1) is 9.26. The van der Waals surface area contributed by atoms with E-state index in [2.05, 4.69) is 15.0 Å². The zero-order valence-corrected chi connectivity index (χ0v) is 12.4. The molecule has 10 heteroatoms. The summed E-state index contributed by atoms with van der Waals surface area (Å²) in [5.41, 5.74) is 0.455. The van der Waals surface area contributed by atoms with Gasteiger partial charge in [0.05, 0.1) is 18.4 Å². The predicted molar refractivity (Wildman–Crippen MR) is 74.2 cm³/mol. The Kier molecular flexibility index (Phi) is 5.89. The maximum absolute atomic E-state index is 11.5. The van der Waals surface area contributed by atoms with Gasteiger partial charge in [0.15, 0.2) is 5.13 Å². The van der Waals surface area contributed by atoms with Gasteiger partial charge in [-0.15, -0.1) is 11.3 Å². The topological polar surface area (TPSA) is 125 Å². The number of amides is 1. The highest BCUT2D eigenvalue weighted by Crippen LogP contribution is 2.16. The molecule has 1 aromatic rings. The minimum Gasteiger partial charge on any atom is -0.481 e. The van der Waals surface area contributed by atoms with E-state index in [1.807, 2.05) is 0 Å². The summed E-state index contributed by atoms with van der Waals surface area (Å²) in [6, 6.07) is 0. The number of nitrogens with one attached hydrogen (secondary N) is 2. The van der Waals surface area contributed by atoms with Crippen LogP contribution in [0.3, 0.4) is 0 Å². The predicted octanol–water partition coefficient (Wildman–Crippen LogP) is 0.0381. The number of hydrogen-bond acceptors (Lipinski definition) is 6. The van der Waals surface area contributed by atoms with Crippen LogP contribution in [-0.2, 0) is 26.0 Å². The lowest BCUT2D eigenvalue weighted by Gasteiger charge is -2.02. The van der Waals surface area contributed by atoms with Crippen LogP contribution in [0.4, 0.5) is 5.13 Å². The molecule has 1 rings (SSSR count). The quantitative estimate of drug-likeness (QED) is 0.580. The van der Waals surface area contributed by atoms with Gasteiger partial charge in [0, 0.05) is 18.3 Å². The van der Waals surface area contributed by atoms with Gasteiger partial charge in [0.1, 0.15) is 0 Å². The first kappa shape index (κ1) is 16.4. The molecule has 8 nitrogen and oxygen atoms in total. The normalized spacial score (nSPS) is 11.1. The standard InChI is InChI=1S/C10H15N3O5S2/c1-20(17,18)13-10-12-7(6-19-10)5-8(14)11-4-2-3-9(15)16/h6H,2-5H2,1H3,(H,11,14)(H,12,13)(H,15,16).